The summed E-state index contributed by atoms with van der Waals surface area (Å²) in [6, 6.07) is 11.6. The number of nitrogens with zero attached hydrogens (tertiary/aromatic N) is 1. The lowest BCUT2D eigenvalue weighted by Gasteiger charge is -2.11. The summed E-state index contributed by atoms with van der Waals surface area (Å²) in [5.74, 6) is -0.834. The minimum Gasteiger partial charge on any atom is -0.493 e. The van der Waals surface area contributed by atoms with Crippen LogP contribution in [0.1, 0.15) is 32.8 Å². The SMILES string of the molecule is CCCOc1ccc2ccccc2c1/C=N\NC(=O)C(=O)NC(C)C. The van der Waals surface area contributed by atoms with Gasteiger partial charge in [-0.1, -0.05) is 37.3 Å². The van der Waals surface area contributed by atoms with Gasteiger partial charge in [-0.3, -0.25) is 9.59 Å². The molecular formula is C19H23N3O3. The molecule has 6 heteroatoms. The molecule has 0 aliphatic rings. The van der Waals surface area contributed by atoms with E-state index in [0.29, 0.717) is 12.4 Å². The monoisotopic (exact) mass is 341 g/mol. The van der Waals surface area contributed by atoms with Crippen LogP contribution in [0.15, 0.2) is 41.5 Å². The number of hydrazone groups is 1. The zero-order chi connectivity index (χ0) is 18.2. The molecule has 2 aromatic carbocycles. The van der Waals surface area contributed by atoms with E-state index < -0.39 is 11.8 Å². The summed E-state index contributed by atoms with van der Waals surface area (Å²) in [6.45, 7) is 6.18. The fourth-order valence-corrected chi connectivity index (χ4v) is 2.28. The number of ether oxygens (including phenoxy) is 1. The molecule has 6 nitrogen and oxygen atoms in total. The van der Waals surface area contributed by atoms with Crippen LogP contribution in [-0.4, -0.2) is 30.7 Å². The predicted molar refractivity (Wildman–Crippen MR) is 98.7 cm³/mol. The number of rotatable bonds is 6. The first kappa shape index (κ1) is 18.4. The lowest BCUT2D eigenvalue weighted by atomic mass is 10.0. The van der Waals surface area contributed by atoms with Crippen molar-refractivity contribution in [2.75, 3.05) is 6.61 Å². The minimum atomic E-state index is -0.804. The van der Waals surface area contributed by atoms with Crippen molar-refractivity contribution >= 4 is 28.8 Å². The molecular weight excluding hydrogens is 318 g/mol. The quantitative estimate of drug-likeness (QED) is 0.481. The highest BCUT2D eigenvalue weighted by Gasteiger charge is 2.13. The average Bonchev–Trinajstić information content (AvgIpc) is 2.59. The molecule has 0 aromatic heterocycles. The van der Waals surface area contributed by atoms with E-state index in [0.717, 1.165) is 22.8 Å². The second kappa shape index (κ2) is 8.82. The van der Waals surface area contributed by atoms with Gasteiger partial charge in [-0.25, -0.2) is 5.43 Å². The van der Waals surface area contributed by atoms with Crippen LogP contribution in [0.5, 0.6) is 5.75 Å². The van der Waals surface area contributed by atoms with Crippen molar-refractivity contribution in [2.45, 2.75) is 33.2 Å². The fourth-order valence-electron chi connectivity index (χ4n) is 2.28. The predicted octanol–water partition coefficient (Wildman–Crippen LogP) is 2.60. The van der Waals surface area contributed by atoms with Crippen molar-refractivity contribution in [2.24, 2.45) is 5.10 Å². The third-order valence-corrected chi connectivity index (χ3v) is 3.38. The smallest absolute Gasteiger partial charge is 0.329 e. The second-order valence-electron chi connectivity index (χ2n) is 5.87. The van der Waals surface area contributed by atoms with Crippen LogP contribution in [0.4, 0.5) is 0 Å². The number of hydrogen-bond acceptors (Lipinski definition) is 4. The van der Waals surface area contributed by atoms with E-state index >= 15 is 0 Å². The first-order chi connectivity index (χ1) is 12.0. The number of carbonyl (C=O) groups excluding carboxylic acids is 2. The zero-order valence-electron chi connectivity index (χ0n) is 14.7. The Labute approximate surface area is 147 Å². The Balaban J connectivity index is 2.23. The van der Waals surface area contributed by atoms with Crippen LogP contribution in [0.25, 0.3) is 10.8 Å². The number of amides is 2. The van der Waals surface area contributed by atoms with Gasteiger partial charge in [0.05, 0.1) is 12.8 Å². The van der Waals surface area contributed by atoms with Crippen molar-refractivity contribution in [3.8, 4) is 5.75 Å². The summed E-state index contributed by atoms with van der Waals surface area (Å²) in [6.07, 6.45) is 2.39. The Kier molecular flexibility index (Phi) is 6.51. The summed E-state index contributed by atoms with van der Waals surface area (Å²) >= 11 is 0. The van der Waals surface area contributed by atoms with E-state index in [1.165, 1.54) is 6.21 Å². The molecule has 0 fully saturated rings. The van der Waals surface area contributed by atoms with Gasteiger partial charge in [-0.05, 0) is 37.1 Å². The van der Waals surface area contributed by atoms with Crippen molar-refractivity contribution in [1.82, 2.24) is 10.7 Å². The third-order valence-electron chi connectivity index (χ3n) is 3.38. The maximum atomic E-state index is 11.7. The van der Waals surface area contributed by atoms with Crippen LogP contribution < -0.4 is 15.5 Å². The summed E-state index contributed by atoms with van der Waals surface area (Å²) in [5, 5.41) is 8.43. The number of fused-ring (bicyclic) bond motifs is 1. The fraction of sp³-hybridized carbons (Fsp3) is 0.316. The molecule has 2 aromatic rings. The number of benzene rings is 2. The first-order valence-corrected chi connectivity index (χ1v) is 8.31. The number of nitrogens with one attached hydrogen (secondary N) is 2. The zero-order valence-corrected chi connectivity index (χ0v) is 14.7. The Morgan fingerprint density at radius 3 is 2.64 bits per heavy atom. The Hall–Kier alpha value is -2.89. The van der Waals surface area contributed by atoms with Gasteiger partial charge >= 0.3 is 11.8 Å². The van der Waals surface area contributed by atoms with E-state index in [1.807, 2.05) is 43.3 Å². The molecule has 0 radical (unpaired) electrons. The average molecular weight is 341 g/mol. The lowest BCUT2D eigenvalue weighted by molar-refractivity contribution is -0.139. The van der Waals surface area contributed by atoms with Crippen molar-refractivity contribution in [1.29, 1.82) is 0 Å². The standard InChI is InChI=1S/C19H23N3O3/c1-4-11-25-17-10-9-14-7-5-6-8-15(14)16(17)12-20-22-19(24)18(23)21-13(2)3/h5-10,12-13H,4,11H2,1-3H3,(H,21,23)(H,22,24)/b20-12-. The van der Waals surface area contributed by atoms with E-state index in [1.54, 1.807) is 13.8 Å². The van der Waals surface area contributed by atoms with Gasteiger partial charge in [0.2, 0.25) is 0 Å². The Morgan fingerprint density at radius 2 is 1.92 bits per heavy atom. The maximum absolute atomic E-state index is 11.7. The van der Waals surface area contributed by atoms with Crippen molar-refractivity contribution < 1.29 is 14.3 Å². The molecule has 0 aliphatic carbocycles. The van der Waals surface area contributed by atoms with Gasteiger partial charge in [0.15, 0.2) is 0 Å². The highest BCUT2D eigenvalue weighted by Crippen LogP contribution is 2.26. The van der Waals surface area contributed by atoms with E-state index in [4.69, 9.17) is 4.74 Å². The van der Waals surface area contributed by atoms with Crippen molar-refractivity contribution in [3.05, 3.63) is 42.0 Å². The molecule has 0 aliphatic heterocycles. The number of hydrogen-bond donors (Lipinski definition) is 2. The first-order valence-electron chi connectivity index (χ1n) is 8.31. The van der Waals surface area contributed by atoms with Gasteiger partial charge < -0.3 is 10.1 Å². The van der Waals surface area contributed by atoms with Gasteiger partial charge in [-0.2, -0.15) is 5.10 Å². The molecule has 0 saturated carbocycles. The van der Waals surface area contributed by atoms with Crippen LogP contribution >= 0.6 is 0 Å². The van der Waals surface area contributed by atoms with E-state index in [2.05, 4.69) is 15.8 Å². The number of carbonyl (C=O) groups is 2. The third kappa shape index (κ3) is 5.04. The molecule has 0 atom stereocenters. The van der Waals surface area contributed by atoms with Gasteiger partial charge in [-0.15, -0.1) is 0 Å². The minimum absolute atomic E-state index is 0.116. The van der Waals surface area contributed by atoms with Crippen LogP contribution in [0, 0.1) is 0 Å². The molecule has 0 saturated heterocycles. The van der Waals surface area contributed by atoms with E-state index in [-0.39, 0.29) is 6.04 Å². The largest absolute Gasteiger partial charge is 0.493 e. The van der Waals surface area contributed by atoms with Gasteiger partial charge in [0.25, 0.3) is 0 Å². The van der Waals surface area contributed by atoms with Crippen LogP contribution in [0.2, 0.25) is 0 Å². The molecule has 2 amide bonds. The summed E-state index contributed by atoms with van der Waals surface area (Å²) in [4.78, 5) is 23.3. The molecule has 132 valence electrons. The molecule has 2 N–H and O–H groups in total. The molecule has 0 heterocycles. The van der Waals surface area contributed by atoms with Gasteiger partial charge in [0, 0.05) is 11.6 Å². The summed E-state index contributed by atoms with van der Waals surface area (Å²) in [5.41, 5.74) is 3.01. The summed E-state index contributed by atoms with van der Waals surface area (Å²) < 4.78 is 5.77. The maximum Gasteiger partial charge on any atom is 0.329 e. The summed E-state index contributed by atoms with van der Waals surface area (Å²) in [7, 11) is 0. The topological polar surface area (TPSA) is 79.8 Å². The molecule has 0 bridgehead atoms. The van der Waals surface area contributed by atoms with Gasteiger partial charge in [0.1, 0.15) is 5.75 Å². The van der Waals surface area contributed by atoms with E-state index in [9.17, 15) is 9.59 Å². The highest BCUT2D eigenvalue weighted by molar-refractivity contribution is 6.35. The molecule has 0 spiro atoms. The Morgan fingerprint density at radius 1 is 1.16 bits per heavy atom. The highest BCUT2D eigenvalue weighted by atomic mass is 16.5. The normalized spacial score (nSPS) is 11.0. The second-order valence-corrected chi connectivity index (χ2v) is 5.87. The lowest BCUT2D eigenvalue weighted by Crippen LogP contribution is -2.41. The molecule has 2 rings (SSSR count). The van der Waals surface area contributed by atoms with Crippen LogP contribution in [0.3, 0.4) is 0 Å². The van der Waals surface area contributed by atoms with Crippen LogP contribution in [-0.2, 0) is 9.59 Å². The molecule has 25 heavy (non-hydrogen) atoms. The Bertz CT molecular complexity index is 785. The van der Waals surface area contributed by atoms with Crippen molar-refractivity contribution in [3.63, 3.8) is 0 Å². The molecule has 0 unspecified atom stereocenters.